The van der Waals surface area contributed by atoms with Crippen LogP contribution in [0, 0.1) is 0 Å². The van der Waals surface area contributed by atoms with Crippen molar-refractivity contribution in [2.45, 2.75) is 57.0 Å². The van der Waals surface area contributed by atoms with Gasteiger partial charge in [-0.05, 0) is 55.5 Å². The second-order valence-corrected chi connectivity index (χ2v) is 8.51. The van der Waals surface area contributed by atoms with E-state index in [1.165, 1.54) is 37.2 Å². The summed E-state index contributed by atoms with van der Waals surface area (Å²) in [5, 5.41) is 0. The largest absolute Gasteiger partial charge is 0.573 e. The number of alkyl halides is 3. The van der Waals surface area contributed by atoms with Crippen molar-refractivity contribution in [1.82, 2.24) is 19.4 Å². The Balaban J connectivity index is 1.25. The smallest absolute Gasteiger partial charge is 0.406 e. The molecular formula is C23H25F3N4O. The highest BCUT2D eigenvalue weighted by molar-refractivity contribution is 5.71. The molecule has 1 saturated heterocycles. The van der Waals surface area contributed by atoms with Crippen molar-refractivity contribution in [3.05, 3.63) is 54.0 Å². The van der Waals surface area contributed by atoms with E-state index in [1.807, 2.05) is 18.3 Å². The van der Waals surface area contributed by atoms with Crippen LogP contribution in [0.25, 0.3) is 11.2 Å². The summed E-state index contributed by atoms with van der Waals surface area (Å²) in [5.41, 5.74) is 2.95. The minimum Gasteiger partial charge on any atom is -0.406 e. The zero-order chi connectivity index (χ0) is 21.4. The Morgan fingerprint density at radius 1 is 1.00 bits per heavy atom. The SMILES string of the molecule is FC(F)(F)Oc1ccc(CN2CCC(n3c(C4CCC4)nc4cccnc43)CC2)cc1. The zero-order valence-corrected chi connectivity index (χ0v) is 17.2. The molecule has 31 heavy (non-hydrogen) atoms. The van der Waals surface area contributed by atoms with Gasteiger partial charge in [-0.25, -0.2) is 9.97 Å². The number of rotatable bonds is 5. The number of benzene rings is 1. The first-order chi connectivity index (χ1) is 15.0. The molecule has 0 spiro atoms. The zero-order valence-electron chi connectivity index (χ0n) is 17.2. The molecule has 0 amide bonds. The van der Waals surface area contributed by atoms with Crippen LogP contribution in [-0.4, -0.2) is 38.9 Å². The topological polar surface area (TPSA) is 43.2 Å². The summed E-state index contributed by atoms with van der Waals surface area (Å²) in [6, 6.07) is 10.5. The highest BCUT2D eigenvalue weighted by Gasteiger charge is 2.32. The van der Waals surface area contributed by atoms with Crippen molar-refractivity contribution < 1.29 is 17.9 Å². The fourth-order valence-electron chi connectivity index (χ4n) is 4.65. The van der Waals surface area contributed by atoms with Gasteiger partial charge in [0.25, 0.3) is 0 Å². The molecule has 164 valence electrons. The quantitative estimate of drug-likeness (QED) is 0.541. The number of nitrogens with zero attached hydrogens (tertiary/aromatic N) is 4. The van der Waals surface area contributed by atoms with Gasteiger partial charge in [-0.2, -0.15) is 0 Å². The number of halogens is 3. The van der Waals surface area contributed by atoms with Crippen molar-refractivity contribution in [3.8, 4) is 5.75 Å². The molecule has 0 N–H and O–H groups in total. The molecule has 1 saturated carbocycles. The summed E-state index contributed by atoms with van der Waals surface area (Å²) in [5.74, 6) is 1.56. The molecule has 5 rings (SSSR count). The molecule has 2 aliphatic rings. The summed E-state index contributed by atoms with van der Waals surface area (Å²) in [6.45, 7) is 2.58. The molecule has 3 heterocycles. The molecule has 0 unspecified atom stereocenters. The lowest BCUT2D eigenvalue weighted by atomic mass is 9.84. The van der Waals surface area contributed by atoms with Gasteiger partial charge >= 0.3 is 6.36 Å². The number of likely N-dealkylation sites (tertiary alicyclic amines) is 1. The number of hydrogen-bond acceptors (Lipinski definition) is 4. The predicted molar refractivity (Wildman–Crippen MR) is 111 cm³/mol. The van der Waals surface area contributed by atoms with E-state index in [2.05, 4.69) is 19.2 Å². The Morgan fingerprint density at radius 2 is 1.74 bits per heavy atom. The Hall–Kier alpha value is -2.61. The summed E-state index contributed by atoms with van der Waals surface area (Å²) < 4.78 is 43.3. The monoisotopic (exact) mass is 430 g/mol. The van der Waals surface area contributed by atoms with E-state index in [0.29, 0.717) is 12.0 Å². The molecule has 2 fully saturated rings. The van der Waals surface area contributed by atoms with Gasteiger partial charge in [0, 0.05) is 37.8 Å². The van der Waals surface area contributed by atoms with E-state index in [0.717, 1.165) is 49.2 Å². The van der Waals surface area contributed by atoms with Gasteiger partial charge in [-0.15, -0.1) is 13.2 Å². The number of piperidine rings is 1. The van der Waals surface area contributed by atoms with Gasteiger partial charge in [0.15, 0.2) is 5.65 Å². The lowest BCUT2D eigenvalue weighted by Gasteiger charge is -2.35. The minimum atomic E-state index is -4.66. The third-order valence-electron chi connectivity index (χ3n) is 6.43. The molecule has 1 aliphatic heterocycles. The normalized spacial score (nSPS) is 18.9. The molecular weight excluding hydrogens is 405 g/mol. The van der Waals surface area contributed by atoms with Crippen molar-refractivity contribution in [2.24, 2.45) is 0 Å². The Labute approximate surface area is 178 Å². The van der Waals surface area contributed by atoms with E-state index in [-0.39, 0.29) is 5.75 Å². The van der Waals surface area contributed by atoms with E-state index >= 15 is 0 Å². The predicted octanol–water partition coefficient (Wildman–Crippen LogP) is 5.43. The molecule has 0 bridgehead atoms. The number of hydrogen-bond donors (Lipinski definition) is 0. The van der Waals surface area contributed by atoms with Crippen molar-refractivity contribution in [1.29, 1.82) is 0 Å². The maximum atomic E-state index is 12.3. The Bertz CT molecular complexity index is 1040. The average Bonchev–Trinajstić information content (AvgIpc) is 3.06. The molecule has 5 nitrogen and oxygen atoms in total. The first kappa shape index (κ1) is 20.3. The summed E-state index contributed by atoms with van der Waals surface area (Å²) >= 11 is 0. The molecule has 8 heteroatoms. The van der Waals surface area contributed by atoms with Crippen LogP contribution in [0.4, 0.5) is 13.2 Å². The fourth-order valence-corrected chi connectivity index (χ4v) is 4.65. The molecule has 0 radical (unpaired) electrons. The van der Waals surface area contributed by atoms with Gasteiger partial charge in [0.1, 0.15) is 17.1 Å². The summed E-state index contributed by atoms with van der Waals surface area (Å²) in [4.78, 5) is 11.9. The fraction of sp³-hybridized carbons (Fsp3) is 0.478. The molecule has 0 atom stereocenters. The van der Waals surface area contributed by atoms with Gasteiger partial charge in [0.05, 0.1) is 0 Å². The summed E-state index contributed by atoms with van der Waals surface area (Å²) in [6.07, 6.45) is 2.88. The number of pyridine rings is 1. The molecule has 1 aromatic carbocycles. The van der Waals surface area contributed by atoms with Crippen LogP contribution in [0.5, 0.6) is 5.75 Å². The maximum absolute atomic E-state index is 12.3. The van der Waals surface area contributed by atoms with Crippen molar-refractivity contribution >= 4 is 11.2 Å². The van der Waals surface area contributed by atoms with E-state index in [4.69, 9.17) is 4.98 Å². The van der Waals surface area contributed by atoms with Crippen LogP contribution < -0.4 is 4.74 Å². The van der Waals surface area contributed by atoms with Crippen LogP contribution in [0.15, 0.2) is 42.6 Å². The van der Waals surface area contributed by atoms with Crippen molar-refractivity contribution in [2.75, 3.05) is 13.1 Å². The number of imidazole rings is 1. The molecule has 2 aromatic heterocycles. The van der Waals surface area contributed by atoms with E-state index in [9.17, 15) is 13.2 Å². The van der Waals surface area contributed by atoms with Gasteiger partial charge in [-0.3, -0.25) is 4.90 Å². The highest BCUT2D eigenvalue weighted by Crippen LogP contribution is 2.40. The standard InChI is InChI=1S/C23H25F3N4O/c24-23(25,26)31-19-8-6-16(7-9-19)15-29-13-10-18(11-14-29)30-21(17-3-1-4-17)28-20-5-2-12-27-22(20)30/h2,5-9,12,17-18H,1,3-4,10-11,13-15H2. The highest BCUT2D eigenvalue weighted by atomic mass is 19.4. The second kappa shape index (κ2) is 8.15. The van der Waals surface area contributed by atoms with Gasteiger partial charge in [0.2, 0.25) is 0 Å². The first-order valence-corrected chi connectivity index (χ1v) is 10.9. The van der Waals surface area contributed by atoms with Crippen LogP contribution in [0.2, 0.25) is 0 Å². The first-order valence-electron chi connectivity index (χ1n) is 10.9. The third-order valence-corrected chi connectivity index (χ3v) is 6.43. The van der Waals surface area contributed by atoms with Crippen molar-refractivity contribution in [3.63, 3.8) is 0 Å². The van der Waals surface area contributed by atoms with Crippen LogP contribution in [-0.2, 0) is 6.54 Å². The lowest BCUT2D eigenvalue weighted by Crippen LogP contribution is -2.35. The lowest BCUT2D eigenvalue weighted by molar-refractivity contribution is -0.274. The van der Waals surface area contributed by atoms with E-state index < -0.39 is 6.36 Å². The second-order valence-electron chi connectivity index (χ2n) is 8.51. The number of ether oxygens (including phenoxy) is 1. The van der Waals surface area contributed by atoms with Crippen LogP contribution in [0.3, 0.4) is 0 Å². The Morgan fingerprint density at radius 3 is 2.39 bits per heavy atom. The number of fused-ring (bicyclic) bond motifs is 1. The number of aromatic nitrogens is 3. The third kappa shape index (κ3) is 4.39. The Kier molecular flexibility index (Phi) is 5.33. The molecule has 3 aromatic rings. The minimum absolute atomic E-state index is 0.182. The van der Waals surface area contributed by atoms with E-state index in [1.54, 1.807) is 12.1 Å². The maximum Gasteiger partial charge on any atom is 0.573 e. The van der Waals surface area contributed by atoms with Crippen LogP contribution >= 0.6 is 0 Å². The van der Waals surface area contributed by atoms with Gasteiger partial charge in [-0.1, -0.05) is 18.6 Å². The average molecular weight is 430 g/mol. The summed E-state index contributed by atoms with van der Waals surface area (Å²) in [7, 11) is 0. The molecule has 1 aliphatic carbocycles. The van der Waals surface area contributed by atoms with Crippen LogP contribution in [0.1, 0.15) is 55.5 Å². The van der Waals surface area contributed by atoms with Gasteiger partial charge < -0.3 is 9.30 Å².